The number of fused-ring (bicyclic) bond motifs is 2. The fourth-order valence-electron chi connectivity index (χ4n) is 7.53. The van der Waals surface area contributed by atoms with Gasteiger partial charge >= 0.3 is 0 Å². The summed E-state index contributed by atoms with van der Waals surface area (Å²) in [5.74, 6) is 1.75. The second-order valence-corrected chi connectivity index (χ2v) is 11.8. The first-order valence-corrected chi connectivity index (χ1v) is 14.5. The van der Waals surface area contributed by atoms with E-state index in [0.29, 0.717) is 30.5 Å². The molecule has 1 fully saturated rings. The Hall–Kier alpha value is -3.81. The number of methoxy groups -OCH3 is 1. The summed E-state index contributed by atoms with van der Waals surface area (Å²) < 4.78 is 16.7. The molecule has 3 aromatic rings. The van der Waals surface area contributed by atoms with E-state index in [9.17, 15) is 9.90 Å². The van der Waals surface area contributed by atoms with Gasteiger partial charge in [-0.05, 0) is 79.7 Å². The van der Waals surface area contributed by atoms with E-state index in [-0.39, 0.29) is 30.0 Å². The van der Waals surface area contributed by atoms with Crippen molar-refractivity contribution in [3.05, 3.63) is 89.0 Å². The molecule has 7 rings (SSSR count). The lowest BCUT2D eigenvalue weighted by Gasteiger charge is -2.57. The van der Waals surface area contributed by atoms with Crippen LogP contribution in [-0.2, 0) is 23.0 Å². The van der Waals surface area contributed by atoms with Gasteiger partial charge < -0.3 is 29.5 Å². The van der Waals surface area contributed by atoms with Crippen molar-refractivity contribution < 1.29 is 24.1 Å². The van der Waals surface area contributed by atoms with Crippen LogP contribution in [0.25, 0.3) is 11.1 Å². The Morgan fingerprint density at radius 3 is 2.71 bits per heavy atom. The molecule has 0 aromatic heterocycles. The van der Waals surface area contributed by atoms with E-state index in [0.717, 1.165) is 65.1 Å². The normalized spacial score (nSPS) is 25.9. The van der Waals surface area contributed by atoms with E-state index in [2.05, 4.69) is 59.7 Å². The number of likely N-dealkylation sites (tertiary alicyclic amines) is 1. The van der Waals surface area contributed by atoms with Crippen molar-refractivity contribution >= 4 is 5.91 Å². The third kappa shape index (κ3) is 4.39. The molecule has 3 aromatic carbocycles. The quantitative estimate of drug-likeness (QED) is 0.426. The maximum atomic E-state index is 13.3. The lowest BCUT2D eigenvalue weighted by atomic mass is 9.53. The number of phenolic OH excluding ortho intramolecular Hbond substituents is 1. The van der Waals surface area contributed by atoms with Gasteiger partial charge in [0, 0.05) is 36.6 Å². The first-order chi connectivity index (χ1) is 20.0. The Balaban J connectivity index is 1.06. The summed E-state index contributed by atoms with van der Waals surface area (Å²) >= 11 is 0. The van der Waals surface area contributed by atoms with Crippen LogP contribution in [-0.4, -0.2) is 62.1 Å². The average molecular weight is 553 g/mol. The minimum absolute atomic E-state index is 0.00886. The summed E-state index contributed by atoms with van der Waals surface area (Å²) in [7, 11) is 3.94. The Morgan fingerprint density at radius 2 is 1.88 bits per heavy atom. The number of likely N-dealkylation sites (N-methyl/N-ethyl adjacent to an activating group) is 1. The number of nitrogens with one attached hydrogen (secondary N) is 1. The molecule has 2 heterocycles. The van der Waals surface area contributed by atoms with Crippen LogP contribution in [0.2, 0.25) is 0 Å². The monoisotopic (exact) mass is 552 g/mol. The molecule has 2 aliphatic carbocycles. The zero-order chi connectivity index (χ0) is 28.1. The van der Waals surface area contributed by atoms with Gasteiger partial charge in [-0.1, -0.05) is 48.6 Å². The zero-order valence-electron chi connectivity index (χ0n) is 23.6. The molecule has 7 nitrogen and oxygen atoms in total. The van der Waals surface area contributed by atoms with Crippen molar-refractivity contribution in [1.82, 2.24) is 10.2 Å². The highest BCUT2D eigenvalue weighted by Gasteiger charge is 2.55. The Morgan fingerprint density at radius 1 is 1.07 bits per heavy atom. The van der Waals surface area contributed by atoms with Gasteiger partial charge in [-0.15, -0.1) is 0 Å². The summed E-state index contributed by atoms with van der Waals surface area (Å²) in [6.07, 6.45) is 7.80. The molecule has 2 N–H and O–H groups in total. The standard InChI is InChI=1S/C34H36N2O5/c1-36-16-14-34-19-25(39-2)9-11-27(34)28(36)17-24-7-10-26(32(37)31(24)34)33(38)35-15-13-21-3-5-22(6-4-21)23-8-12-29-30(18-23)41-20-40-29/h3-12,18,25,27-28,37H,13-17,19-20H2,1-2H3,(H,35,38). The van der Waals surface area contributed by atoms with E-state index >= 15 is 0 Å². The number of hydrogen-bond acceptors (Lipinski definition) is 6. The summed E-state index contributed by atoms with van der Waals surface area (Å²) in [5, 5.41) is 14.7. The van der Waals surface area contributed by atoms with E-state index < -0.39 is 0 Å². The number of hydrogen-bond donors (Lipinski definition) is 2. The minimum Gasteiger partial charge on any atom is -0.507 e. The minimum atomic E-state index is -0.236. The van der Waals surface area contributed by atoms with Crippen molar-refractivity contribution in [1.29, 1.82) is 0 Å². The molecule has 2 bridgehead atoms. The molecular formula is C34H36N2O5. The van der Waals surface area contributed by atoms with Gasteiger partial charge in [0.2, 0.25) is 6.79 Å². The highest BCUT2D eigenvalue weighted by molar-refractivity contribution is 5.97. The van der Waals surface area contributed by atoms with E-state index in [1.807, 2.05) is 18.2 Å². The molecule has 212 valence electrons. The molecule has 1 saturated heterocycles. The maximum Gasteiger partial charge on any atom is 0.255 e. The van der Waals surface area contributed by atoms with Gasteiger partial charge in [-0.25, -0.2) is 0 Å². The lowest BCUT2D eigenvalue weighted by Crippen LogP contribution is -2.60. The number of carbonyl (C=O) groups is 1. The second-order valence-electron chi connectivity index (χ2n) is 11.8. The number of phenols is 1. The number of carbonyl (C=O) groups excluding carboxylic acids is 1. The van der Waals surface area contributed by atoms with Crippen molar-refractivity contribution in [2.45, 2.75) is 43.2 Å². The van der Waals surface area contributed by atoms with Gasteiger partial charge in [-0.2, -0.15) is 0 Å². The number of ether oxygens (including phenoxy) is 3. The van der Waals surface area contributed by atoms with Crippen LogP contribution in [0.4, 0.5) is 0 Å². The number of piperidine rings is 1. The molecule has 2 aliphatic heterocycles. The number of aromatic hydroxyl groups is 1. The smallest absolute Gasteiger partial charge is 0.255 e. The fourth-order valence-corrected chi connectivity index (χ4v) is 7.53. The number of benzene rings is 3. The van der Waals surface area contributed by atoms with Crippen molar-refractivity contribution in [3.8, 4) is 28.4 Å². The number of rotatable bonds is 6. The Kier molecular flexibility index (Phi) is 6.51. The molecule has 1 amide bonds. The van der Waals surface area contributed by atoms with Crippen LogP contribution in [0.15, 0.2) is 66.7 Å². The van der Waals surface area contributed by atoms with E-state index in [1.54, 1.807) is 13.2 Å². The molecule has 0 saturated carbocycles. The van der Waals surface area contributed by atoms with Crippen molar-refractivity contribution in [2.24, 2.45) is 5.92 Å². The third-order valence-electron chi connectivity index (χ3n) is 9.73. The highest BCUT2D eigenvalue weighted by Crippen LogP contribution is 2.56. The van der Waals surface area contributed by atoms with Crippen LogP contribution >= 0.6 is 0 Å². The molecule has 0 radical (unpaired) electrons. The molecule has 4 atom stereocenters. The van der Waals surface area contributed by atoms with Gasteiger partial charge in [0.25, 0.3) is 5.91 Å². The Bertz CT molecular complexity index is 1520. The molecule has 7 heteroatoms. The third-order valence-corrected chi connectivity index (χ3v) is 9.73. The second kappa shape index (κ2) is 10.2. The fraction of sp³-hybridized carbons (Fsp3) is 0.382. The summed E-state index contributed by atoms with van der Waals surface area (Å²) in [6.45, 7) is 1.71. The predicted molar refractivity (Wildman–Crippen MR) is 157 cm³/mol. The van der Waals surface area contributed by atoms with Crippen LogP contribution in [0, 0.1) is 5.92 Å². The predicted octanol–water partition coefficient (Wildman–Crippen LogP) is 4.85. The van der Waals surface area contributed by atoms with Crippen molar-refractivity contribution in [3.63, 3.8) is 0 Å². The summed E-state index contributed by atoms with van der Waals surface area (Å²) in [5.41, 5.74) is 5.54. The van der Waals surface area contributed by atoms with Crippen LogP contribution < -0.4 is 14.8 Å². The first-order valence-electron chi connectivity index (χ1n) is 14.5. The summed E-state index contributed by atoms with van der Waals surface area (Å²) in [6, 6.07) is 18.5. The maximum absolute atomic E-state index is 13.3. The van der Waals surface area contributed by atoms with Gasteiger partial charge in [-0.3, -0.25) is 4.79 Å². The largest absolute Gasteiger partial charge is 0.507 e. The number of amides is 1. The molecular weight excluding hydrogens is 516 g/mol. The first kappa shape index (κ1) is 26.1. The molecule has 41 heavy (non-hydrogen) atoms. The molecule has 4 unspecified atom stereocenters. The average Bonchev–Trinajstić information content (AvgIpc) is 3.47. The van der Waals surface area contributed by atoms with E-state index in [1.165, 1.54) is 0 Å². The molecule has 0 spiro atoms. The lowest BCUT2D eigenvalue weighted by molar-refractivity contribution is 0.00776. The number of nitrogens with zero attached hydrogens (tertiary/aromatic N) is 1. The zero-order valence-corrected chi connectivity index (χ0v) is 23.6. The highest BCUT2D eigenvalue weighted by atomic mass is 16.7. The van der Waals surface area contributed by atoms with Crippen LogP contribution in [0.3, 0.4) is 0 Å². The van der Waals surface area contributed by atoms with E-state index in [4.69, 9.17) is 14.2 Å². The SMILES string of the molecule is COC1C=CC2C3Cc4ccc(C(=O)NCCc5ccc(-c6ccc7c(c6)OCO7)cc5)c(O)c4C2(CCN3C)C1. The van der Waals surface area contributed by atoms with Gasteiger partial charge in [0.05, 0.1) is 11.7 Å². The summed E-state index contributed by atoms with van der Waals surface area (Å²) in [4.78, 5) is 15.8. The Labute approximate surface area is 240 Å². The van der Waals surface area contributed by atoms with Crippen LogP contribution in [0.5, 0.6) is 17.2 Å². The van der Waals surface area contributed by atoms with Crippen LogP contribution in [0.1, 0.15) is 39.9 Å². The van der Waals surface area contributed by atoms with Crippen molar-refractivity contribution in [2.75, 3.05) is 34.0 Å². The molecule has 4 aliphatic rings. The van der Waals surface area contributed by atoms with Gasteiger partial charge in [0.1, 0.15) is 5.75 Å². The topological polar surface area (TPSA) is 80.3 Å². The van der Waals surface area contributed by atoms with Gasteiger partial charge in [0.15, 0.2) is 11.5 Å².